The zero-order valence-electron chi connectivity index (χ0n) is 20.5. The van der Waals surface area contributed by atoms with Crippen molar-refractivity contribution in [2.75, 3.05) is 26.2 Å². The Kier molecular flexibility index (Phi) is 7.10. The average molecular weight is 519 g/mol. The van der Waals surface area contributed by atoms with Crippen LogP contribution in [0.5, 0.6) is 0 Å². The fourth-order valence-electron chi connectivity index (χ4n) is 5.65. The van der Waals surface area contributed by atoms with E-state index in [1.54, 1.807) is 12.3 Å². The van der Waals surface area contributed by atoms with Crippen LogP contribution in [-0.2, 0) is 16.8 Å². The number of benzene rings is 1. The predicted octanol–water partition coefficient (Wildman–Crippen LogP) is 3.73. The number of hydrogen-bond acceptors (Lipinski definition) is 6. The van der Waals surface area contributed by atoms with Gasteiger partial charge < -0.3 is 15.2 Å². The molecule has 1 aromatic heterocycles. The Labute approximate surface area is 213 Å². The minimum absolute atomic E-state index is 0.0232. The van der Waals surface area contributed by atoms with Gasteiger partial charge in [-0.2, -0.15) is 0 Å². The van der Waals surface area contributed by atoms with Crippen molar-refractivity contribution < 1.29 is 27.4 Å². The van der Waals surface area contributed by atoms with E-state index in [4.69, 9.17) is 4.74 Å². The molecule has 198 valence electrons. The lowest BCUT2D eigenvalue weighted by Crippen LogP contribution is -2.53. The zero-order chi connectivity index (χ0) is 26.2. The van der Waals surface area contributed by atoms with Gasteiger partial charge in [0.1, 0.15) is 23.4 Å². The Bertz CT molecular complexity index is 1180. The van der Waals surface area contributed by atoms with Crippen LogP contribution in [0.25, 0.3) is 0 Å². The summed E-state index contributed by atoms with van der Waals surface area (Å²) in [6.45, 7) is 4.29. The van der Waals surface area contributed by atoms with E-state index < -0.39 is 29.6 Å². The summed E-state index contributed by atoms with van der Waals surface area (Å²) >= 11 is 0. The molecule has 0 saturated carbocycles. The van der Waals surface area contributed by atoms with Crippen molar-refractivity contribution in [2.45, 2.75) is 50.1 Å². The molecule has 10 heteroatoms. The maximum Gasteiger partial charge on any atom is 0.266 e. The minimum atomic E-state index is -2.97. The number of pyridine rings is 1. The van der Waals surface area contributed by atoms with E-state index in [1.807, 2.05) is 0 Å². The summed E-state index contributed by atoms with van der Waals surface area (Å²) in [6, 6.07) is 8.02. The molecule has 1 spiro atoms. The Morgan fingerprint density at radius 3 is 2.51 bits per heavy atom. The van der Waals surface area contributed by atoms with Crippen LogP contribution in [0.1, 0.15) is 36.6 Å². The molecule has 6 nitrogen and oxygen atoms in total. The first-order valence-corrected chi connectivity index (χ1v) is 12.4. The standard InChI is InChI=1S/C27H30F4N4O2/c1-17(36)34-27(25(30)31,19-3-5-20(28)6-4-19)24-7-2-18(12-33-24)15-35-10-8-26(9-11-35)22-13-32-14-23(29)21(22)16-37-26/h2-7,12,14,17,25,32,34,36H,8-11,13,15-16H2,1H3/t17?,27-/m1/s1. The van der Waals surface area contributed by atoms with Gasteiger partial charge in [0.15, 0.2) is 0 Å². The summed E-state index contributed by atoms with van der Waals surface area (Å²) in [4.78, 5) is 6.60. The summed E-state index contributed by atoms with van der Waals surface area (Å²) in [7, 11) is 0. The number of alkyl halides is 2. The van der Waals surface area contributed by atoms with E-state index in [1.165, 1.54) is 31.3 Å². The first-order valence-electron chi connectivity index (χ1n) is 12.4. The molecule has 1 unspecified atom stereocenters. The van der Waals surface area contributed by atoms with Gasteiger partial charge in [0.25, 0.3) is 6.43 Å². The van der Waals surface area contributed by atoms with Gasteiger partial charge >= 0.3 is 0 Å². The lowest BCUT2D eigenvalue weighted by Gasteiger charge is -2.41. The Hall–Kier alpha value is -2.79. The minimum Gasteiger partial charge on any atom is -0.385 e. The highest BCUT2D eigenvalue weighted by atomic mass is 19.3. The largest absolute Gasteiger partial charge is 0.385 e. The smallest absolute Gasteiger partial charge is 0.266 e. The molecule has 1 aromatic carbocycles. The summed E-state index contributed by atoms with van der Waals surface area (Å²) in [5.74, 6) is -0.801. The van der Waals surface area contributed by atoms with Crippen LogP contribution in [0.15, 0.2) is 65.8 Å². The van der Waals surface area contributed by atoms with E-state index >= 15 is 0 Å². The van der Waals surface area contributed by atoms with E-state index in [9.17, 15) is 22.7 Å². The van der Waals surface area contributed by atoms with Crippen molar-refractivity contribution in [3.63, 3.8) is 0 Å². The fraction of sp³-hybridized carbons (Fsp3) is 0.444. The molecule has 0 bridgehead atoms. The van der Waals surface area contributed by atoms with Crippen molar-refractivity contribution in [3.05, 3.63) is 88.4 Å². The van der Waals surface area contributed by atoms with Crippen LogP contribution >= 0.6 is 0 Å². The third-order valence-electron chi connectivity index (χ3n) is 7.57. The highest BCUT2D eigenvalue weighted by molar-refractivity contribution is 5.44. The number of nitrogens with one attached hydrogen (secondary N) is 2. The number of ether oxygens (including phenoxy) is 1. The number of nitrogens with zero attached hydrogens (tertiary/aromatic N) is 2. The molecule has 2 aromatic rings. The molecule has 3 aliphatic rings. The maximum atomic E-state index is 14.6. The van der Waals surface area contributed by atoms with E-state index in [0.717, 1.165) is 49.2 Å². The zero-order valence-corrected chi connectivity index (χ0v) is 20.5. The summed E-state index contributed by atoms with van der Waals surface area (Å²) in [5, 5.41) is 15.5. The van der Waals surface area contributed by atoms with Crippen molar-refractivity contribution in [1.29, 1.82) is 0 Å². The molecule has 5 rings (SSSR count). The van der Waals surface area contributed by atoms with E-state index in [0.29, 0.717) is 25.3 Å². The van der Waals surface area contributed by atoms with Crippen molar-refractivity contribution in [2.24, 2.45) is 0 Å². The first-order chi connectivity index (χ1) is 17.7. The highest BCUT2D eigenvalue weighted by Crippen LogP contribution is 2.43. The quantitative estimate of drug-likeness (QED) is 0.384. The Morgan fingerprint density at radius 2 is 1.89 bits per heavy atom. The number of aliphatic hydroxyl groups is 1. The number of aromatic nitrogens is 1. The molecule has 0 aliphatic carbocycles. The number of rotatable bonds is 7. The van der Waals surface area contributed by atoms with Crippen molar-refractivity contribution >= 4 is 0 Å². The number of aliphatic hydroxyl groups excluding tert-OH is 1. The van der Waals surface area contributed by atoms with Gasteiger partial charge in [-0.25, -0.2) is 17.6 Å². The van der Waals surface area contributed by atoms with Gasteiger partial charge in [-0.05, 0) is 54.7 Å². The topological polar surface area (TPSA) is 69.7 Å². The second kappa shape index (κ2) is 10.2. The second-order valence-electron chi connectivity index (χ2n) is 9.88. The summed E-state index contributed by atoms with van der Waals surface area (Å²) in [6.07, 6.45) is 0.194. The molecular formula is C27H30F4N4O2. The molecule has 37 heavy (non-hydrogen) atoms. The SMILES string of the molecule is CC(O)N[C@](c1ccc(F)cc1)(c1ccc(CN2CCC3(CC2)OCC2=C3CNC=C2F)cn1)C(F)F. The van der Waals surface area contributed by atoms with E-state index in [2.05, 4.69) is 20.5 Å². The average Bonchev–Trinajstić information content (AvgIpc) is 3.24. The number of hydrogen-bond donors (Lipinski definition) is 3. The number of fused-ring (bicyclic) bond motifs is 1. The fourth-order valence-corrected chi connectivity index (χ4v) is 5.65. The molecule has 3 aliphatic heterocycles. The second-order valence-corrected chi connectivity index (χ2v) is 9.88. The number of piperidine rings is 1. The van der Waals surface area contributed by atoms with Gasteiger partial charge in [0, 0.05) is 44.1 Å². The molecule has 0 amide bonds. The monoisotopic (exact) mass is 518 g/mol. The molecule has 0 radical (unpaired) electrons. The normalized spacial score (nSPS) is 22.0. The van der Waals surface area contributed by atoms with Gasteiger partial charge in [-0.3, -0.25) is 15.2 Å². The van der Waals surface area contributed by atoms with E-state index in [-0.39, 0.29) is 17.1 Å². The first kappa shape index (κ1) is 25.8. The van der Waals surface area contributed by atoms with Crippen LogP contribution in [0.4, 0.5) is 17.6 Å². The van der Waals surface area contributed by atoms with Crippen LogP contribution in [-0.4, -0.2) is 59.5 Å². The summed E-state index contributed by atoms with van der Waals surface area (Å²) in [5.41, 5.74) is 0.0932. The summed E-state index contributed by atoms with van der Waals surface area (Å²) < 4.78 is 62.9. The van der Waals surface area contributed by atoms with Crippen LogP contribution in [0.3, 0.4) is 0 Å². The lowest BCUT2D eigenvalue weighted by atomic mass is 9.82. The predicted molar refractivity (Wildman–Crippen MR) is 130 cm³/mol. The molecule has 4 heterocycles. The maximum absolute atomic E-state index is 14.6. The number of dihydropyridines is 1. The molecule has 1 fully saturated rings. The molecule has 3 N–H and O–H groups in total. The lowest BCUT2D eigenvalue weighted by molar-refractivity contribution is -0.0329. The Balaban J connectivity index is 1.31. The van der Waals surface area contributed by atoms with Crippen molar-refractivity contribution in [1.82, 2.24) is 20.5 Å². The third-order valence-corrected chi connectivity index (χ3v) is 7.57. The van der Waals surface area contributed by atoms with Crippen LogP contribution < -0.4 is 10.6 Å². The van der Waals surface area contributed by atoms with Gasteiger partial charge in [-0.1, -0.05) is 18.2 Å². The van der Waals surface area contributed by atoms with Crippen molar-refractivity contribution in [3.8, 4) is 0 Å². The molecule has 2 atom stereocenters. The molecule has 1 saturated heterocycles. The van der Waals surface area contributed by atoms with Crippen LogP contribution in [0, 0.1) is 5.82 Å². The van der Waals surface area contributed by atoms with Gasteiger partial charge in [0.05, 0.1) is 17.9 Å². The third kappa shape index (κ3) is 4.79. The molecular weight excluding hydrogens is 488 g/mol. The number of halogens is 4. The highest BCUT2D eigenvalue weighted by Gasteiger charge is 2.47. The van der Waals surface area contributed by atoms with Crippen LogP contribution in [0.2, 0.25) is 0 Å². The number of likely N-dealkylation sites (tertiary alicyclic amines) is 1. The Morgan fingerprint density at radius 1 is 1.16 bits per heavy atom. The van der Waals surface area contributed by atoms with Gasteiger partial charge in [0.2, 0.25) is 0 Å². The van der Waals surface area contributed by atoms with Gasteiger partial charge in [-0.15, -0.1) is 0 Å².